The number of benzene rings is 1. The Hall–Kier alpha value is -1.42. The molecule has 0 saturated heterocycles. The first-order valence-electron chi connectivity index (χ1n) is 11.2. The molecule has 1 aliphatic rings. The Morgan fingerprint density at radius 3 is 2.32 bits per heavy atom. The van der Waals surface area contributed by atoms with Crippen molar-refractivity contribution in [3.63, 3.8) is 0 Å². The molecule has 1 aromatic carbocycles. The van der Waals surface area contributed by atoms with Crippen LogP contribution in [0.4, 0.5) is 11.4 Å². The number of rotatable bonds is 13. The van der Waals surface area contributed by atoms with Crippen molar-refractivity contribution in [2.24, 2.45) is 0 Å². The molecule has 2 rings (SSSR count). The van der Waals surface area contributed by atoms with E-state index in [1.54, 1.807) is 6.92 Å². The van der Waals surface area contributed by atoms with E-state index in [0.29, 0.717) is 18.9 Å². The maximum absolute atomic E-state index is 8.92. The zero-order chi connectivity index (χ0) is 23.1. The Kier molecular flexibility index (Phi) is 9.99. The topological polar surface area (TPSA) is 95.6 Å². The van der Waals surface area contributed by atoms with E-state index in [9.17, 15) is 0 Å². The van der Waals surface area contributed by atoms with E-state index in [0.717, 1.165) is 22.5 Å². The summed E-state index contributed by atoms with van der Waals surface area (Å²) in [5.74, 6) is 0.303. The largest absolute Gasteiger partial charge is 0.398 e. The van der Waals surface area contributed by atoms with Crippen molar-refractivity contribution in [2.45, 2.75) is 92.1 Å². The van der Waals surface area contributed by atoms with Crippen LogP contribution >= 0.6 is 0 Å². The first-order chi connectivity index (χ1) is 14.7. The number of nitrogens with zero attached hydrogens (tertiary/aromatic N) is 1. The van der Waals surface area contributed by atoms with Crippen LogP contribution in [0.25, 0.3) is 0 Å². The lowest BCUT2D eigenvalue weighted by molar-refractivity contribution is -0.248. The third-order valence-electron chi connectivity index (χ3n) is 5.25. The van der Waals surface area contributed by atoms with Gasteiger partial charge in [0, 0.05) is 24.4 Å². The number of anilines is 2. The summed E-state index contributed by atoms with van der Waals surface area (Å²) in [4.78, 5) is 2.12. The third kappa shape index (κ3) is 7.03. The minimum Gasteiger partial charge on any atom is -0.398 e. The second kappa shape index (κ2) is 12.0. The van der Waals surface area contributed by atoms with Crippen molar-refractivity contribution in [1.29, 1.82) is 0 Å². The fourth-order valence-corrected chi connectivity index (χ4v) is 3.96. The fraction of sp³-hybridized carbons (Fsp3) is 0.739. The summed E-state index contributed by atoms with van der Waals surface area (Å²) in [6.07, 6.45) is -1.27. The highest BCUT2D eigenvalue weighted by atomic mass is 16.8. The van der Waals surface area contributed by atoms with Gasteiger partial charge in [-0.2, -0.15) is 0 Å². The van der Waals surface area contributed by atoms with E-state index in [1.807, 2.05) is 33.8 Å². The highest BCUT2D eigenvalue weighted by Gasteiger charge is 2.36. The Labute approximate surface area is 186 Å². The molecule has 5 atom stereocenters. The summed E-state index contributed by atoms with van der Waals surface area (Å²) in [7, 11) is 0. The van der Waals surface area contributed by atoms with Crippen LogP contribution in [-0.4, -0.2) is 56.3 Å². The summed E-state index contributed by atoms with van der Waals surface area (Å²) in [6, 6.07) is 4.18. The lowest BCUT2D eigenvalue weighted by atomic mass is 9.98. The van der Waals surface area contributed by atoms with E-state index < -0.39 is 12.6 Å². The molecule has 1 aromatic rings. The number of ether oxygens (including phenoxy) is 5. The lowest BCUT2D eigenvalue weighted by Gasteiger charge is -2.36. The fourth-order valence-electron chi connectivity index (χ4n) is 3.96. The molecule has 1 heterocycles. The zero-order valence-corrected chi connectivity index (χ0v) is 20.0. The molecule has 0 saturated carbocycles. The minimum absolute atomic E-state index is 0.0544. The van der Waals surface area contributed by atoms with Crippen molar-refractivity contribution in [3.8, 4) is 0 Å². The third-order valence-corrected chi connectivity index (χ3v) is 5.25. The van der Waals surface area contributed by atoms with Crippen molar-refractivity contribution in [2.75, 3.05) is 30.5 Å². The molecule has 0 radical (unpaired) electrons. The van der Waals surface area contributed by atoms with Crippen molar-refractivity contribution >= 4 is 11.4 Å². The highest BCUT2D eigenvalue weighted by molar-refractivity contribution is 5.68. The van der Waals surface area contributed by atoms with Gasteiger partial charge >= 0.3 is 0 Å². The molecule has 0 aliphatic carbocycles. The van der Waals surface area contributed by atoms with E-state index >= 15 is 0 Å². The minimum atomic E-state index is -0.520. The number of aliphatic hydroxyl groups excluding tert-OH is 1. The number of hydrogen-bond acceptors (Lipinski definition) is 8. The molecule has 0 fully saturated rings. The molecule has 31 heavy (non-hydrogen) atoms. The van der Waals surface area contributed by atoms with Gasteiger partial charge in [0.05, 0.1) is 13.2 Å². The van der Waals surface area contributed by atoms with E-state index in [4.69, 9.17) is 34.5 Å². The average molecular weight is 441 g/mol. The molecular formula is C23H40N2O6. The van der Waals surface area contributed by atoms with Crippen LogP contribution in [0.15, 0.2) is 12.1 Å². The molecule has 8 heteroatoms. The molecule has 0 aromatic heterocycles. The number of nitrogens with two attached hydrogens (primary N) is 1. The normalized spacial score (nSPS) is 20.0. The highest BCUT2D eigenvalue weighted by Crippen LogP contribution is 2.40. The molecule has 178 valence electrons. The standard InChI is InChI=1S/C23H40N2O6/c1-8-27-16(5)29-15(4)25-22-13-20(14(2)3)21(24)11-19(22)12-23(25)31-18(7)30-17(6)28-10-9-26/h11,13-18,23,26H,8-10,12,24H2,1-7H3. The first-order valence-corrected chi connectivity index (χ1v) is 11.2. The van der Waals surface area contributed by atoms with Gasteiger partial charge in [-0.3, -0.25) is 0 Å². The molecule has 1 aliphatic heterocycles. The van der Waals surface area contributed by atoms with Crippen LogP contribution in [0, 0.1) is 0 Å². The summed E-state index contributed by atoms with van der Waals surface area (Å²) < 4.78 is 29.1. The Morgan fingerprint density at radius 2 is 1.71 bits per heavy atom. The Morgan fingerprint density at radius 1 is 1.03 bits per heavy atom. The zero-order valence-electron chi connectivity index (χ0n) is 20.0. The molecule has 0 spiro atoms. The van der Waals surface area contributed by atoms with Gasteiger partial charge < -0.3 is 39.4 Å². The van der Waals surface area contributed by atoms with Crippen LogP contribution in [-0.2, 0) is 30.1 Å². The maximum Gasteiger partial charge on any atom is 0.160 e. The number of hydrogen-bond donors (Lipinski definition) is 2. The summed E-state index contributed by atoms with van der Waals surface area (Å²) in [5.41, 5.74) is 10.4. The van der Waals surface area contributed by atoms with Gasteiger partial charge in [0.2, 0.25) is 0 Å². The molecular weight excluding hydrogens is 400 g/mol. The van der Waals surface area contributed by atoms with Gasteiger partial charge in [-0.15, -0.1) is 0 Å². The van der Waals surface area contributed by atoms with E-state index in [1.165, 1.54) is 0 Å². The van der Waals surface area contributed by atoms with Gasteiger partial charge in [0.1, 0.15) is 12.5 Å². The van der Waals surface area contributed by atoms with Gasteiger partial charge in [0.25, 0.3) is 0 Å². The first kappa shape index (κ1) is 25.8. The van der Waals surface area contributed by atoms with Crippen LogP contribution in [0.2, 0.25) is 0 Å². The SMILES string of the molecule is CCOC(C)OC(C)N1c2cc(C(C)C)c(N)cc2CC1OC(C)OC(C)OCCO. The molecule has 3 N–H and O–H groups in total. The quantitative estimate of drug-likeness (QED) is 0.355. The molecule has 8 nitrogen and oxygen atoms in total. The second-order valence-corrected chi connectivity index (χ2v) is 8.09. The van der Waals surface area contributed by atoms with Crippen LogP contribution in [0.3, 0.4) is 0 Å². The van der Waals surface area contributed by atoms with Crippen molar-refractivity contribution in [1.82, 2.24) is 0 Å². The second-order valence-electron chi connectivity index (χ2n) is 8.09. The van der Waals surface area contributed by atoms with E-state index in [2.05, 4.69) is 24.8 Å². The van der Waals surface area contributed by atoms with E-state index in [-0.39, 0.29) is 32.0 Å². The maximum atomic E-state index is 8.92. The Bertz CT molecular complexity index is 686. The summed E-state index contributed by atoms with van der Waals surface area (Å²) >= 11 is 0. The Balaban J connectivity index is 2.22. The number of nitrogen functional groups attached to an aromatic ring is 1. The molecule has 0 amide bonds. The smallest absolute Gasteiger partial charge is 0.160 e. The summed E-state index contributed by atoms with van der Waals surface area (Å²) in [6.45, 7) is 14.4. The van der Waals surface area contributed by atoms with Crippen LogP contribution in [0.1, 0.15) is 65.5 Å². The van der Waals surface area contributed by atoms with Crippen molar-refractivity contribution in [3.05, 3.63) is 23.3 Å². The monoisotopic (exact) mass is 440 g/mol. The van der Waals surface area contributed by atoms with Gasteiger partial charge in [-0.25, -0.2) is 0 Å². The van der Waals surface area contributed by atoms with Gasteiger partial charge in [-0.05, 0) is 63.8 Å². The predicted molar refractivity (Wildman–Crippen MR) is 121 cm³/mol. The lowest BCUT2D eigenvalue weighted by Crippen LogP contribution is -2.45. The van der Waals surface area contributed by atoms with Gasteiger partial charge in [-0.1, -0.05) is 13.8 Å². The number of fused-ring (bicyclic) bond motifs is 1. The molecule has 0 bridgehead atoms. The van der Waals surface area contributed by atoms with Gasteiger partial charge in [0.15, 0.2) is 18.9 Å². The molecule has 5 unspecified atom stereocenters. The number of aliphatic hydroxyl groups is 1. The van der Waals surface area contributed by atoms with Crippen molar-refractivity contribution < 1.29 is 28.8 Å². The van der Waals surface area contributed by atoms with Crippen LogP contribution in [0.5, 0.6) is 0 Å². The average Bonchev–Trinajstić information content (AvgIpc) is 3.01. The summed E-state index contributed by atoms with van der Waals surface area (Å²) in [5, 5.41) is 8.92. The predicted octanol–water partition coefficient (Wildman–Crippen LogP) is 3.56. The van der Waals surface area contributed by atoms with Crippen LogP contribution < -0.4 is 10.6 Å².